The summed E-state index contributed by atoms with van der Waals surface area (Å²) in [6.45, 7) is 4.57. The van der Waals surface area contributed by atoms with Gasteiger partial charge in [-0.1, -0.05) is 130 Å². The summed E-state index contributed by atoms with van der Waals surface area (Å²) in [6, 6.07) is 16.1. The molecule has 0 fully saturated rings. The SMILES string of the molecule is CCCCCCCCc1cccc(-c2cc(CCCCCCCC)ccc2Br)c1. The van der Waals surface area contributed by atoms with Gasteiger partial charge in [0.25, 0.3) is 0 Å². The lowest BCUT2D eigenvalue weighted by atomic mass is 9.97. The highest BCUT2D eigenvalue weighted by Crippen LogP contribution is 2.30. The lowest BCUT2D eigenvalue weighted by Crippen LogP contribution is -1.91. The van der Waals surface area contributed by atoms with Crippen LogP contribution in [0.25, 0.3) is 11.1 Å². The Hall–Kier alpha value is -1.08. The average Bonchev–Trinajstić information content (AvgIpc) is 2.74. The van der Waals surface area contributed by atoms with Gasteiger partial charge >= 0.3 is 0 Å². The first-order valence-electron chi connectivity index (χ1n) is 12.1. The van der Waals surface area contributed by atoms with Crippen LogP contribution in [0.1, 0.15) is 102 Å². The second kappa shape index (κ2) is 14.8. The normalized spacial score (nSPS) is 11.1. The molecule has 0 nitrogen and oxygen atoms in total. The zero-order valence-corrected chi connectivity index (χ0v) is 20.4. The van der Waals surface area contributed by atoms with Crippen molar-refractivity contribution in [1.29, 1.82) is 0 Å². The Bertz CT molecular complexity index is 688. The summed E-state index contributed by atoms with van der Waals surface area (Å²) in [4.78, 5) is 0. The van der Waals surface area contributed by atoms with Crippen LogP contribution in [0.3, 0.4) is 0 Å². The fraction of sp³-hybridized carbons (Fsp3) is 0.571. The van der Waals surface area contributed by atoms with E-state index in [1.807, 2.05) is 0 Å². The van der Waals surface area contributed by atoms with E-state index in [-0.39, 0.29) is 0 Å². The first-order chi connectivity index (χ1) is 14.2. The molecule has 0 amide bonds. The van der Waals surface area contributed by atoms with Gasteiger partial charge in [0.1, 0.15) is 0 Å². The first kappa shape index (κ1) is 24.2. The van der Waals surface area contributed by atoms with E-state index >= 15 is 0 Å². The molecule has 0 bridgehead atoms. The van der Waals surface area contributed by atoms with Gasteiger partial charge in [-0.05, 0) is 54.0 Å². The number of rotatable bonds is 15. The van der Waals surface area contributed by atoms with Gasteiger partial charge in [0.05, 0.1) is 0 Å². The van der Waals surface area contributed by atoms with Crippen LogP contribution in [0.15, 0.2) is 46.9 Å². The van der Waals surface area contributed by atoms with Crippen LogP contribution in [0.4, 0.5) is 0 Å². The smallest absolute Gasteiger partial charge is 0.0253 e. The minimum absolute atomic E-state index is 1.20. The van der Waals surface area contributed by atoms with Crippen LogP contribution in [-0.2, 0) is 12.8 Å². The van der Waals surface area contributed by atoms with Crippen molar-refractivity contribution in [3.63, 3.8) is 0 Å². The van der Waals surface area contributed by atoms with E-state index in [1.165, 1.54) is 117 Å². The van der Waals surface area contributed by atoms with Gasteiger partial charge in [-0.2, -0.15) is 0 Å². The Balaban J connectivity index is 1.90. The Labute approximate surface area is 188 Å². The van der Waals surface area contributed by atoms with Gasteiger partial charge in [-0.15, -0.1) is 0 Å². The maximum absolute atomic E-state index is 3.79. The van der Waals surface area contributed by atoms with Crippen molar-refractivity contribution in [2.75, 3.05) is 0 Å². The molecule has 0 unspecified atom stereocenters. The third kappa shape index (κ3) is 9.51. The third-order valence-corrected chi connectivity index (χ3v) is 6.60. The summed E-state index contributed by atoms with van der Waals surface area (Å²) in [5.41, 5.74) is 5.65. The second-order valence-corrected chi connectivity index (χ2v) is 9.40. The molecular weight excluding hydrogens is 416 g/mol. The number of benzene rings is 2. The zero-order valence-electron chi connectivity index (χ0n) is 18.8. The van der Waals surface area contributed by atoms with Crippen molar-refractivity contribution >= 4 is 15.9 Å². The van der Waals surface area contributed by atoms with Crippen LogP contribution < -0.4 is 0 Å². The predicted molar refractivity (Wildman–Crippen MR) is 134 cm³/mol. The van der Waals surface area contributed by atoms with Crippen molar-refractivity contribution in [2.45, 2.75) is 104 Å². The van der Waals surface area contributed by atoms with Crippen molar-refractivity contribution < 1.29 is 0 Å². The molecule has 2 aromatic carbocycles. The molecule has 0 saturated heterocycles. The van der Waals surface area contributed by atoms with E-state index < -0.39 is 0 Å². The molecule has 0 saturated carbocycles. The van der Waals surface area contributed by atoms with E-state index in [2.05, 4.69) is 72.2 Å². The van der Waals surface area contributed by atoms with E-state index in [0.717, 1.165) is 0 Å². The number of halogens is 1. The number of hydrogen-bond acceptors (Lipinski definition) is 0. The van der Waals surface area contributed by atoms with E-state index in [9.17, 15) is 0 Å². The Kier molecular flexibility index (Phi) is 12.4. The summed E-state index contributed by atoms with van der Waals surface area (Å²) in [6.07, 6.45) is 18.7. The van der Waals surface area contributed by atoms with Gasteiger partial charge in [-0.25, -0.2) is 0 Å². The Morgan fingerprint density at radius 1 is 0.586 bits per heavy atom. The van der Waals surface area contributed by atoms with Gasteiger partial charge in [0, 0.05) is 4.47 Å². The minimum atomic E-state index is 1.20. The van der Waals surface area contributed by atoms with Gasteiger partial charge in [0.15, 0.2) is 0 Å². The standard InChI is InChI=1S/C28H41Br/c1-3-5-7-9-11-13-16-24-18-15-19-26(22-24)27-23-25(20-21-28(27)29)17-14-12-10-8-6-4-2/h15,18-23H,3-14,16-17H2,1-2H3. The molecule has 2 rings (SSSR count). The first-order valence-corrected chi connectivity index (χ1v) is 12.9. The molecule has 0 aliphatic rings. The number of unbranched alkanes of at least 4 members (excludes halogenated alkanes) is 10. The molecule has 0 aliphatic carbocycles. The van der Waals surface area contributed by atoms with Gasteiger partial charge < -0.3 is 0 Å². The molecule has 29 heavy (non-hydrogen) atoms. The van der Waals surface area contributed by atoms with Gasteiger partial charge in [-0.3, -0.25) is 0 Å². The maximum atomic E-state index is 3.79. The van der Waals surface area contributed by atoms with Gasteiger partial charge in [0.2, 0.25) is 0 Å². The molecule has 0 atom stereocenters. The summed E-state index contributed by atoms with van der Waals surface area (Å²) in [5.74, 6) is 0. The fourth-order valence-electron chi connectivity index (χ4n) is 4.06. The van der Waals surface area contributed by atoms with Crippen molar-refractivity contribution in [2.24, 2.45) is 0 Å². The average molecular weight is 458 g/mol. The van der Waals surface area contributed by atoms with Crippen LogP contribution >= 0.6 is 15.9 Å². The van der Waals surface area contributed by atoms with Crippen LogP contribution in [0.5, 0.6) is 0 Å². The fourth-order valence-corrected chi connectivity index (χ4v) is 4.54. The Morgan fingerprint density at radius 3 is 1.76 bits per heavy atom. The van der Waals surface area contributed by atoms with Crippen LogP contribution in [-0.4, -0.2) is 0 Å². The molecule has 0 spiro atoms. The maximum Gasteiger partial charge on any atom is 0.0253 e. The van der Waals surface area contributed by atoms with Crippen molar-refractivity contribution in [3.8, 4) is 11.1 Å². The minimum Gasteiger partial charge on any atom is -0.0654 e. The molecule has 0 radical (unpaired) electrons. The van der Waals surface area contributed by atoms with E-state index in [1.54, 1.807) is 0 Å². The Morgan fingerprint density at radius 2 is 1.14 bits per heavy atom. The lowest BCUT2D eigenvalue weighted by Gasteiger charge is -2.10. The van der Waals surface area contributed by atoms with Crippen LogP contribution in [0, 0.1) is 0 Å². The summed E-state index contributed by atoms with van der Waals surface area (Å²) >= 11 is 3.79. The van der Waals surface area contributed by atoms with Crippen molar-refractivity contribution in [3.05, 3.63) is 58.1 Å². The van der Waals surface area contributed by atoms with Crippen molar-refractivity contribution in [1.82, 2.24) is 0 Å². The quantitative estimate of drug-likeness (QED) is 0.233. The monoisotopic (exact) mass is 456 g/mol. The molecule has 160 valence electrons. The topological polar surface area (TPSA) is 0 Å². The summed E-state index contributed by atoms with van der Waals surface area (Å²) in [5, 5.41) is 0. The molecule has 0 aliphatic heterocycles. The molecule has 2 aromatic rings. The highest BCUT2D eigenvalue weighted by Gasteiger charge is 2.06. The second-order valence-electron chi connectivity index (χ2n) is 8.55. The number of hydrogen-bond donors (Lipinski definition) is 0. The summed E-state index contributed by atoms with van der Waals surface area (Å²) in [7, 11) is 0. The zero-order chi connectivity index (χ0) is 20.7. The molecule has 0 aromatic heterocycles. The highest BCUT2D eigenvalue weighted by atomic mass is 79.9. The number of aryl methyl sites for hydroxylation is 2. The third-order valence-electron chi connectivity index (χ3n) is 5.91. The molecular formula is C28H41Br. The largest absolute Gasteiger partial charge is 0.0654 e. The summed E-state index contributed by atoms with van der Waals surface area (Å²) < 4.78 is 1.21. The van der Waals surface area contributed by atoms with E-state index in [0.29, 0.717) is 0 Å². The molecule has 1 heteroatoms. The highest BCUT2D eigenvalue weighted by molar-refractivity contribution is 9.10. The predicted octanol–water partition coefficient (Wildman–Crippen LogP) is 9.92. The van der Waals surface area contributed by atoms with E-state index in [4.69, 9.17) is 0 Å². The lowest BCUT2D eigenvalue weighted by molar-refractivity contribution is 0.607. The molecule has 0 N–H and O–H groups in total. The molecule has 0 heterocycles. The van der Waals surface area contributed by atoms with Crippen LogP contribution in [0.2, 0.25) is 0 Å².